The van der Waals surface area contributed by atoms with Gasteiger partial charge < -0.3 is 14.4 Å². The van der Waals surface area contributed by atoms with Crippen molar-refractivity contribution in [3.05, 3.63) is 51.2 Å². The molecule has 5 nitrogen and oxygen atoms in total. The first kappa shape index (κ1) is 18.4. The molecule has 136 valence electrons. The number of hydrogen-bond acceptors (Lipinski definition) is 6. The summed E-state index contributed by atoms with van der Waals surface area (Å²) < 4.78 is 10.8. The van der Waals surface area contributed by atoms with E-state index in [1.54, 1.807) is 37.5 Å². The Kier molecular flexibility index (Phi) is 5.58. The SMILES string of the molecule is COc1cccc(CN(C)C(=O)c2sc(-c3ccsc3)nc2C)c1OC. The standard InChI is InChI=1S/C19H20N2O3S2/c1-12-17(26-18(20-12)14-8-9-25-11-14)19(22)21(2)10-13-6-5-7-15(23-3)16(13)24-4/h5-9,11H,10H2,1-4H3. The Labute approximate surface area is 160 Å². The predicted molar refractivity (Wildman–Crippen MR) is 106 cm³/mol. The molecule has 0 N–H and O–H groups in total. The number of rotatable bonds is 6. The van der Waals surface area contributed by atoms with Gasteiger partial charge in [0.1, 0.15) is 9.88 Å². The molecule has 0 radical (unpaired) electrons. The van der Waals surface area contributed by atoms with Crippen LogP contribution in [-0.2, 0) is 6.54 Å². The lowest BCUT2D eigenvalue weighted by molar-refractivity contribution is 0.0788. The van der Waals surface area contributed by atoms with E-state index in [0.717, 1.165) is 21.8 Å². The summed E-state index contributed by atoms with van der Waals surface area (Å²) >= 11 is 3.05. The summed E-state index contributed by atoms with van der Waals surface area (Å²) in [5.41, 5.74) is 2.70. The van der Waals surface area contributed by atoms with Crippen LogP contribution in [0.3, 0.4) is 0 Å². The molecule has 0 saturated carbocycles. The first-order valence-corrected chi connectivity index (χ1v) is 9.76. The summed E-state index contributed by atoms with van der Waals surface area (Å²) in [6, 6.07) is 7.68. The van der Waals surface area contributed by atoms with Crippen LogP contribution in [0.1, 0.15) is 20.9 Å². The van der Waals surface area contributed by atoms with Crippen LogP contribution in [-0.4, -0.2) is 37.1 Å². The third-order valence-electron chi connectivity index (χ3n) is 4.00. The molecule has 0 fully saturated rings. The highest BCUT2D eigenvalue weighted by atomic mass is 32.1. The molecule has 3 aromatic rings. The van der Waals surface area contributed by atoms with Crippen molar-refractivity contribution in [2.45, 2.75) is 13.5 Å². The number of aromatic nitrogens is 1. The van der Waals surface area contributed by atoms with Crippen LogP contribution in [0.5, 0.6) is 11.5 Å². The second-order valence-corrected chi connectivity index (χ2v) is 7.54. The Bertz CT molecular complexity index is 904. The molecule has 3 rings (SSSR count). The van der Waals surface area contributed by atoms with Crippen molar-refractivity contribution < 1.29 is 14.3 Å². The second-order valence-electron chi connectivity index (χ2n) is 5.76. The van der Waals surface area contributed by atoms with Crippen molar-refractivity contribution in [3.63, 3.8) is 0 Å². The van der Waals surface area contributed by atoms with Gasteiger partial charge in [-0.25, -0.2) is 4.98 Å². The molecule has 0 bridgehead atoms. The van der Waals surface area contributed by atoms with Gasteiger partial charge in [0.2, 0.25) is 0 Å². The molecule has 1 aromatic carbocycles. The Morgan fingerprint density at radius 3 is 2.69 bits per heavy atom. The van der Waals surface area contributed by atoms with Crippen molar-refractivity contribution >= 4 is 28.6 Å². The van der Waals surface area contributed by atoms with Gasteiger partial charge in [0.15, 0.2) is 11.5 Å². The first-order chi connectivity index (χ1) is 12.5. The van der Waals surface area contributed by atoms with E-state index in [4.69, 9.17) is 9.47 Å². The second kappa shape index (κ2) is 7.88. The molecule has 0 aliphatic carbocycles. The Balaban J connectivity index is 1.83. The third-order valence-corrected chi connectivity index (χ3v) is 5.88. The lowest BCUT2D eigenvalue weighted by atomic mass is 10.1. The minimum absolute atomic E-state index is 0.0497. The maximum Gasteiger partial charge on any atom is 0.265 e. The Morgan fingerprint density at radius 1 is 1.23 bits per heavy atom. The normalized spacial score (nSPS) is 10.6. The highest BCUT2D eigenvalue weighted by Crippen LogP contribution is 2.33. The van der Waals surface area contributed by atoms with Gasteiger partial charge in [-0.1, -0.05) is 12.1 Å². The number of ether oxygens (including phenoxy) is 2. The van der Waals surface area contributed by atoms with Crippen molar-refractivity contribution in [1.82, 2.24) is 9.88 Å². The van der Waals surface area contributed by atoms with Crippen molar-refractivity contribution in [3.8, 4) is 22.1 Å². The zero-order chi connectivity index (χ0) is 18.7. The van der Waals surface area contributed by atoms with Crippen molar-refractivity contribution in [2.75, 3.05) is 21.3 Å². The lowest BCUT2D eigenvalue weighted by Gasteiger charge is -2.19. The fraction of sp³-hybridized carbons (Fsp3) is 0.263. The van der Waals surface area contributed by atoms with Gasteiger partial charge in [-0.2, -0.15) is 11.3 Å². The average Bonchev–Trinajstić information content (AvgIpc) is 3.30. The molecule has 7 heteroatoms. The van der Waals surface area contributed by atoms with E-state index in [0.29, 0.717) is 22.9 Å². The molecular formula is C19H20N2O3S2. The first-order valence-electron chi connectivity index (χ1n) is 8.00. The van der Waals surface area contributed by atoms with Crippen LogP contribution in [0, 0.1) is 6.92 Å². The van der Waals surface area contributed by atoms with Crippen LogP contribution >= 0.6 is 22.7 Å². The van der Waals surface area contributed by atoms with E-state index in [1.807, 2.05) is 41.9 Å². The zero-order valence-electron chi connectivity index (χ0n) is 15.1. The van der Waals surface area contributed by atoms with Crippen LogP contribution < -0.4 is 9.47 Å². The number of amides is 1. The third kappa shape index (κ3) is 3.59. The molecule has 0 unspecified atom stereocenters. The van der Waals surface area contributed by atoms with E-state index in [1.165, 1.54) is 11.3 Å². The quantitative estimate of drug-likeness (QED) is 0.625. The van der Waals surface area contributed by atoms with Gasteiger partial charge in [-0.05, 0) is 24.4 Å². The molecule has 1 amide bonds. The average molecular weight is 389 g/mol. The maximum atomic E-state index is 12.9. The molecule has 0 saturated heterocycles. The summed E-state index contributed by atoms with van der Waals surface area (Å²) in [4.78, 5) is 19.8. The smallest absolute Gasteiger partial charge is 0.265 e. The minimum atomic E-state index is -0.0497. The summed E-state index contributed by atoms with van der Waals surface area (Å²) in [5, 5.41) is 4.92. The topological polar surface area (TPSA) is 51.7 Å². The molecule has 0 aliphatic heterocycles. The molecule has 0 atom stereocenters. The van der Waals surface area contributed by atoms with Crippen LogP contribution in [0.2, 0.25) is 0 Å². The molecular weight excluding hydrogens is 368 g/mol. The fourth-order valence-electron chi connectivity index (χ4n) is 2.68. The predicted octanol–water partition coefficient (Wildman–Crippen LogP) is 4.47. The summed E-state index contributed by atoms with van der Waals surface area (Å²) in [5.74, 6) is 1.25. The Morgan fingerprint density at radius 2 is 2.04 bits per heavy atom. The highest BCUT2D eigenvalue weighted by Gasteiger charge is 2.21. The molecule has 0 aliphatic rings. The Hall–Kier alpha value is -2.38. The molecule has 26 heavy (non-hydrogen) atoms. The van der Waals surface area contributed by atoms with Crippen LogP contribution in [0.4, 0.5) is 0 Å². The minimum Gasteiger partial charge on any atom is -0.493 e. The van der Waals surface area contributed by atoms with E-state index in [-0.39, 0.29) is 5.91 Å². The largest absolute Gasteiger partial charge is 0.493 e. The number of benzene rings is 1. The van der Waals surface area contributed by atoms with Gasteiger partial charge in [0.25, 0.3) is 5.91 Å². The number of para-hydroxylation sites is 1. The van der Waals surface area contributed by atoms with Crippen molar-refractivity contribution in [2.24, 2.45) is 0 Å². The fourth-order valence-corrected chi connectivity index (χ4v) is 4.46. The molecule has 2 heterocycles. The maximum absolute atomic E-state index is 12.9. The number of thiophene rings is 1. The van der Waals surface area contributed by atoms with Crippen molar-refractivity contribution in [1.29, 1.82) is 0 Å². The molecule has 2 aromatic heterocycles. The number of carbonyl (C=O) groups is 1. The van der Waals surface area contributed by atoms with Crippen LogP contribution in [0.25, 0.3) is 10.6 Å². The number of carbonyl (C=O) groups excluding carboxylic acids is 1. The monoisotopic (exact) mass is 388 g/mol. The number of nitrogens with zero attached hydrogens (tertiary/aromatic N) is 2. The molecule has 0 spiro atoms. The van der Waals surface area contributed by atoms with Gasteiger partial charge in [0.05, 0.1) is 19.9 Å². The number of methoxy groups -OCH3 is 2. The summed E-state index contributed by atoms with van der Waals surface area (Å²) in [6.45, 7) is 2.30. The van der Waals surface area contributed by atoms with E-state index < -0.39 is 0 Å². The van der Waals surface area contributed by atoms with E-state index >= 15 is 0 Å². The van der Waals surface area contributed by atoms with E-state index in [2.05, 4.69) is 4.98 Å². The lowest BCUT2D eigenvalue weighted by Crippen LogP contribution is -2.26. The van der Waals surface area contributed by atoms with Gasteiger partial charge in [-0.15, -0.1) is 11.3 Å². The highest BCUT2D eigenvalue weighted by molar-refractivity contribution is 7.17. The van der Waals surface area contributed by atoms with Gasteiger partial charge in [-0.3, -0.25) is 4.79 Å². The summed E-state index contributed by atoms with van der Waals surface area (Å²) in [7, 11) is 4.98. The number of hydrogen-bond donors (Lipinski definition) is 0. The number of thiazole rings is 1. The zero-order valence-corrected chi connectivity index (χ0v) is 16.7. The van der Waals surface area contributed by atoms with E-state index in [9.17, 15) is 4.79 Å². The van der Waals surface area contributed by atoms with Crippen LogP contribution in [0.15, 0.2) is 35.0 Å². The summed E-state index contributed by atoms with van der Waals surface area (Å²) in [6.07, 6.45) is 0. The van der Waals surface area contributed by atoms with Gasteiger partial charge in [0, 0.05) is 30.1 Å². The number of aryl methyl sites for hydroxylation is 1. The van der Waals surface area contributed by atoms with Gasteiger partial charge >= 0.3 is 0 Å².